The van der Waals surface area contributed by atoms with E-state index in [1.165, 1.54) is 12.8 Å². The molecule has 9 heteroatoms. The average Bonchev–Trinajstić information content (AvgIpc) is 3.39. The maximum atomic E-state index is 12.8. The number of ether oxygens (including phenoxy) is 1. The second-order valence-electron chi connectivity index (χ2n) is 10.9. The van der Waals surface area contributed by atoms with E-state index in [2.05, 4.69) is 42.9 Å². The van der Waals surface area contributed by atoms with Crippen LogP contribution in [0.2, 0.25) is 0 Å². The van der Waals surface area contributed by atoms with Gasteiger partial charge in [0.2, 0.25) is 0 Å². The highest BCUT2D eigenvalue weighted by atomic mass is 16.5. The highest BCUT2D eigenvalue weighted by Gasteiger charge is 2.30. The number of piperazine rings is 1. The number of rotatable bonds is 6. The van der Waals surface area contributed by atoms with E-state index >= 15 is 0 Å². The zero-order chi connectivity index (χ0) is 27.6. The Labute approximate surface area is 235 Å². The number of methoxy groups -OCH3 is 1. The van der Waals surface area contributed by atoms with Crippen LogP contribution in [-0.4, -0.2) is 76.6 Å². The van der Waals surface area contributed by atoms with Crippen LogP contribution < -0.4 is 15.8 Å². The Balaban J connectivity index is 1.27. The summed E-state index contributed by atoms with van der Waals surface area (Å²) in [5.41, 5.74) is 10.4. The lowest BCUT2D eigenvalue weighted by atomic mass is 9.89. The molecule has 2 fully saturated rings. The number of fused-ring (bicyclic) bond motifs is 1. The molecule has 9 nitrogen and oxygen atoms in total. The van der Waals surface area contributed by atoms with E-state index in [4.69, 9.17) is 10.5 Å². The van der Waals surface area contributed by atoms with Crippen molar-refractivity contribution in [3.8, 4) is 16.9 Å². The van der Waals surface area contributed by atoms with Gasteiger partial charge in [0.1, 0.15) is 23.5 Å². The first-order valence-corrected chi connectivity index (χ1v) is 14.1. The van der Waals surface area contributed by atoms with Crippen molar-refractivity contribution in [2.75, 3.05) is 51.4 Å². The third kappa shape index (κ3) is 5.14. The molecule has 0 unspecified atom stereocenters. The molecule has 2 aromatic carbocycles. The molecule has 0 radical (unpaired) electrons. The second-order valence-corrected chi connectivity index (χ2v) is 10.9. The van der Waals surface area contributed by atoms with E-state index < -0.39 is 0 Å². The Bertz CT molecular complexity index is 1490. The number of carbonyl (C=O) groups excluding carboxylic acids is 1. The first-order chi connectivity index (χ1) is 19.5. The van der Waals surface area contributed by atoms with Crippen LogP contribution in [0.15, 0.2) is 61.1 Å². The summed E-state index contributed by atoms with van der Waals surface area (Å²) in [6.45, 7) is 4.63. The number of nitrogens with zero attached hydrogens (tertiary/aromatic N) is 5. The van der Waals surface area contributed by atoms with Crippen LogP contribution in [0, 0.1) is 0 Å². The minimum absolute atomic E-state index is 0.187. The SMILES string of the molecule is COc1cc(-c2cn([C@H]3CC[C@H](N4CCN(C)CC4)CC3)c3ncnc(N)c23)ccc1NC(=O)c1ccccc1. The van der Waals surface area contributed by atoms with Gasteiger partial charge in [-0.05, 0) is 62.6 Å². The molecule has 1 saturated heterocycles. The van der Waals surface area contributed by atoms with Crippen molar-refractivity contribution < 1.29 is 9.53 Å². The van der Waals surface area contributed by atoms with Crippen molar-refractivity contribution >= 4 is 28.4 Å². The molecule has 3 N–H and O–H groups in total. The molecule has 0 spiro atoms. The van der Waals surface area contributed by atoms with Gasteiger partial charge in [0.05, 0.1) is 18.2 Å². The number of nitrogen functional groups attached to an aromatic ring is 1. The van der Waals surface area contributed by atoms with E-state index in [0.717, 1.165) is 61.2 Å². The molecule has 4 aromatic rings. The molecule has 1 aliphatic heterocycles. The lowest BCUT2D eigenvalue weighted by Gasteiger charge is -2.41. The maximum Gasteiger partial charge on any atom is 0.255 e. The Morgan fingerprint density at radius 2 is 1.70 bits per heavy atom. The van der Waals surface area contributed by atoms with Gasteiger partial charge in [-0.1, -0.05) is 24.3 Å². The maximum absolute atomic E-state index is 12.8. The summed E-state index contributed by atoms with van der Waals surface area (Å²) in [7, 11) is 3.82. The number of amides is 1. The number of nitrogens with two attached hydrogens (primary N) is 1. The predicted octanol–water partition coefficient (Wildman–Crippen LogP) is 4.67. The third-order valence-corrected chi connectivity index (χ3v) is 8.55. The third-order valence-electron chi connectivity index (χ3n) is 8.55. The fourth-order valence-electron chi connectivity index (χ4n) is 6.24. The van der Waals surface area contributed by atoms with Crippen LogP contribution in [0.1, 0.15) is 42.1 Å². The first kappa shape index (κ1) is 26.3. The van der Waals surface area contributed by atoms with Crippen LogP contribution >= 0.6 is 0 Å². The van der Waals surface area contributed by atoms with E-state index in [0.29, 0.717) is 34.9 Å². The minimum atomic E-state index is -0.187. The van der Waals surface area contributed by atoms with E-state index in [1.807, 2.05) is 36.4 Å². The Morgan fingerprint density at radius 1 is 0.975 bits per heavy atom. The molecule has 0 atom stereocenters. The molecule has 1 amide bonds. The Hall–Kier alpha value is -3.95. The van der Waals surface area contributed by atoms with Crippen molar-refractivity contribution in [1.82, 2.24) is 24.3 Å². The summed E-state index contributed by atoms with van der Waals surface area (Å²) in [5.74, 6) is 0.851. The van der Waals surface area contributed by atoms with Crippen LogP contribution in [-0.2, 0) is 0 Å². The predicted molar refractivity (Wildman–Crippen MR) is 159 cm³/mol. The summed E-state index contributed by atoms with van der Waals surface area (Å²) in [4.78, 5) is 26.9. The van der Waals surface area contributed by atoms with Gasteiger partial charge in [-0.3, -0.25) is 9.69 Å². The standard InChI is InChI=1S/C31H37N7O2/c1-36-14-16-37(17-15-36)23-9-11-24(12-10-23)38-19-25(28-29(32)33-20-34-30(28)38)22-8-13-26(27(18-22)40-2)35-31(39)21-6-4-3-5-7-21/h3-8,13,18-20,23-24H,9-12,14-17H2,1-2H3,(H,35,39)(H2,32,33,34)/t23-,24-. The molecular weight excluding hydrogens is 502 g/mol. The van der Waals surface area contributed by atoms with Crippen LogP contribution in [0.25, 0.3) is 22.2 Å². The molecule has 2 aromatic heterocycles. The van der Waals surface area contributed by atoms with Gasteiger partial charge in [0.15, 0.2) is 0 Å². The van der Waals surface area contributed by atoms with Gasteiger partial charge in [-0.25, -0.2) is 9.97 Å². The van der Waals surface area contributed by atoms with Gasteiger partial charge < -0.3 is 25.3 Å². The van der Waals surface area contributed by atoms with Crippen molar-refractivity contribution in [1.29, 1.82) is 0 Å². The minimum Gasteiger partial charge on any atom is -0.495 e. The summed E-state index contributed by atoms with van der Waals surface area (Å²) in [5, 5.41) is 3.82. The molecule has 1 aliphatic carbocycles. The number of benzene rings is 2. The lowest BCUT2D eigenvalue weighted by Crippen LogP contribution is -2.49. The number of hydrogen-bond donors (Lipinski definition) is 2. The summed E-state index contributed by atoms with van der Waals surface area (Å²) in [6, 6.07) is 16.0. The normalized spacial score (nSPS) is 20.4. The number of carbonyl (C=O) groups is 1. The summed E-state index contributed by atoms with van der Waals surface area (Å²) >= 11 is 0. The molecule has 6 rings (SSSR count). The summed E-state index contributed by atoms with van der Waals surface area (Å²) < 4.78 is 8.00. The van der Waals surface area contributed by atoms with Gasteiger partial charge in [0, 0.05) is 55.6 Å². The number of nitrogens with one attached hydrogen (secondary N) is 1. The lowest BCUT2D eigenvalue weighted by molar-refractivity contribution is 0.0828. The van der Waals surface area contributed by atoms with Gasteiger partial charge in [-0.2, -0.15) is 0 Å². The van der Waals surface area contributed by atoms with Crippen molar-refractivity contribution in [2.45, 2.75) is 37.8 Å². The zero-order valence-electron chi connectivity index (χ0n) is 23.2. The molecule has 208 valence electrons. The second kappa shape index (κ2) is 11.3. The smallest absolute Gasteiger partial charge is 0.255 e. The largest absolute Gasteiger partial charge is 0.495 e. The highest BCUT2D eigenvalue weighted by Crippen LogP contribution is 2.40. The molecule has 40 heavy (non-hydrogen) atoms. The van der Waals surface area contributed by atoms with Gasteiger partial charge >= 0.3 is 0 Å². The monoisotopic (exact) mass is 539 g/mol. The number of aromatic nitrogens is 3. The first-order valence-electron chi connectivity index (χ1n) is 14.1. The van der Waals surface area contributed by atoms with Gasteiger partial charge in [-0.15, -0.1) is 0 Å². The van der Waals surface area contributed by atoms with Crippen molar-refractivity contribution in [3.63, 3.8) is 0 Å². The quantitative estimate of drug-likeness (QED) is 0.367. The topological polar surface area (TPSA) is 102 Å². The van der Waals surface area contributed by atoms with E-state index in [1.54, 1.807) is 25.6 Å². The number of likely N-dealkylation sites (N-methyl/N-ethyl adjacent to an activating group) is 1. The molecule has 2 aliphatic rings. The number of hydrogen-bond acceptors (Lipinski definition) is 7. The molecule has 0 bridgehead atoms. The average molecular weight is 540 g/mol. The molecular formula is C31H37N7O2. The van der Waals surface area contributed by atoms with Crippen LogP contribution in [0.4, 0.5) is 11.5 Å². The number of anilines is 2. The van der Waals surface area contributed by atoms with Crippen LogP contribution in [0.5, 0.6) is 5.75 Å². The highest BCUT2D eigenvalue weighted by molar-refractivity contribution is 6.06. The Morgan fingerprint density at radius 3 is 2.42 bits per heavy atom. The molecule has 1 saturated carbocycles. The fraction of sp³-hybridized carbons (Fsp3) is 0.387. The van der Waals surface area contributed by atoms with Gasteiger partial charge in [0.25, 0.3) is 5.91 Å². The summed E-state index contributed by atoms with van der Waals surface area (Å²) in [6.07, 6.45) is 8.32. The fourth-order valence-corrected chi connectivity index (χ4v) is 6.24. The zero-order valence-corrected chi connectivity index (χ0v) is 23.2. The van der Waals surface area contributed by atoms with E-state index in [-0.39, 0.29) is 5.91 Å². The van der Waals surface area contributed by atoms with E-state index in [9.17, 15) is 4.79 Å². The Kier molecular flexibility index (Phi) is 7.40. The van der Waals surface area contributed by atoms with Crippen LogP contribution in [0.3, 0.4) is 0 Å². The van der Waals surface area contributed by atoms with Crippen molar-refractivity contribution in [3.05, 3.63) is 66.6 Å². The molecule has 3 heterocycles. The van der Waals surface area contributed by atoms with Crippen molar-refractivity contribution in [2.24, 2.45) is 0 Å².